The fourth-order valence-corrected chi connectivity index (χ4v) is 12.5. The summed E-state index contributed by atoms with van der Waals surface area (Å²) in [6.07, 6.45) is 37.5. The number of fused-ring (bicyclic) bond motifs is 5. The molecule has 2 N–H and O–H groups in total. The van der Waals surface area contributed by atoms with Crippen LogP contribution in [0.1, 0.15) is 220 Å². The largest absolute Gasteiger partial charge is 0.480 e. The molecule has 4 saturated carbocycles. The van der Waals surface area contributed by atoms with E-state index in [1.165, 1.54) is 148 Å². The first-order chi connectivity index (χ1) is 25.6. The molecule has 0 spiro atoms. The first-order valence-electron chi connectivity index (χ1n) is 23.3. The molecule has 0 radical (unpaired) electrons. The molecule has 306 valence electrons. The lowest BCUT2D eigenvalue weighted by Crippen LogP contribution is -2.54. The van der Waals surface area contributed by atoms with Gasteiger partial charge in [0, 0.05) is 12.8 Å². The van der Waals surface area contributed by atoms with E-state index >= 15 is 0 Å². The van der Waals surface area contributed by atoms with Crippen molar-refractivity contribution in [3.8, 4) is 0 Å². The summed E-state index contributed by atoms with van der Waals surface area (Å²) in [5, 5.41) is 11.4. The van der Waals surface area contributed by atoms with E-state index in [1.54, 1.807) is 0 Å². The van der Waals surface area contributed by atoms with Crippen LogP contribution in [0.25, 0.3) is 0 Å². The molecule has 0 heterocycles. The van der Waals surface area contributed by atoms with Gasteiger partial charge in [0.2, 0.25) is 5.91 Å². The van der Waals surface area contributed by atoms with Gasteiger partial charge in [-0.1, -0.05) is 137 Å². The highest BCUT2D eigenvalue weighted by Gasteiger charge is 2.60. The van der Waals surface area contributed by atoms with Crippen molar-refractivity contribution in [2.75, 3.05) is 6.54 Å². The number of carbonyl (C=O) groups excluding carboxylic acids is 2. The van der Waals surface area contributed by atoms with E-state index in [0.29, 0.717) is 41.4 Å². The van der Waals surface area contributed by atoms with Gasteiger partial charge in [0.1, 0.15) is 12.6 Å². The molecule has 9 unspecified atom stereocenters. The Labute approximate surface area is 325 Å². The number of carboxylic acids is 1. The summed E-state index contributed by atoms with van der Waals surface area (Å²) in [5.41, 5.74) is 0.715. The van der Waals surface area contributed by atoms with E-state index in [2.05, 4.69) is 33.0 Å². The van der Waals surface area contributed by atoms with Crippen molar-refractivity contribution < 1.29 is 24.2 Å². The van der Waals surface area contributed by atoms with Crippen LogP contribution in [-0.4, -0.2) is 35.6 Å². The summed E-state index contributed by atoms with van der Waals surface area (Å²) in [5.74, 6) is 3.07. The molecule has 9 atom stereocenters. The van der Waals surface area contributed by atoms with Crippen molar-refractivity contribution in [3.63, 3.8) is 0 Å². The number of hydrogen-bond donors (Lipinski definition) is 2. The zero-order valence-corrected chi connectivity index (χ0v) is 35.0. The minimum absolute atomic E-state index is 0.0442. The molecule has 0 aromatic heterocycles. The number of unbranched alkanes of at least 4 members (excludes halogenated alkanes) is 17. The molecule has 4 aliphatic carbocycles. The number of carbonyl (C=O) groups is 3. The Balaban J connectivity index is 1.05. The highest BCUT2D eigenvalue weighted by atomic mass is 16.5. The maximum atomic E-state index is 12.9. The van der Waals surface area contributed by atoms with Gasteiger partial charge >= 0.3 is 11.9 Å². The molecule has 4 aliphatic rings. The molecule has 0 bridgehead atoms. The lowest BCUT2D eigenvalue weighted by Gasteiger charge is -2.61. The van der Waals surface area contributed by atoms with Gasteiger partial charge in [-0.05, 0) is 117 Å². The Morgan fingerprint density at radius 3 is 1.81 bits per heavy atom. The predicted octanol–water partition coefficient (Wildman–Crippen LogP) is 12.6. The number of carboxylic acid groups (broad SMARTS) is 1. The fraction of sp³-hybridized carbons (Fsp3) is 0.936. The average Bonchev–Trinajstić information content (AvgIpc) is 3.50. The Bertz CT molecular complexity index is 1090. The second kappa shape index (κ2) is 22.8. The van der Waals surface area contributed by atoms with Gasteiger partial charge in [-0.3, -0.25) is 14.4 Å². The standard InChI is InChI=1S/C47H83NO5/c1-5-6-7-8-9-10-11-12-13-14-15-16-17-18-19-20-21-22-23-45(52)53-38-30-32-46(3)37(34-38)25-26-39-41-28-27-40(47(41,4)33-31-42(39)46)36(2)24-29-43(49)48-35-44(50)51/h36-42H,5-35H2,1-4H3,(H,48,49)(H,50,51). The fourth-order valence-electron chi connectivity index (χ4n) is 12.5. The maximum absolute atomic E-state index is 12.9. The molecular formula is C47H83NO5. The molecule has 0 aromatic carbocycles. The third-order valence-electron chi connectivity index (χ3n) is 15.7. The smallest absolute Gasteiger partial charge is 0.322 e. The van der Waals surface area contributed by atoms with E-state index in [1.807, 2.05) is 0 Å². The van der Waals surface area contributed by atoms with Gasteiger partial charge in [0.25, 0.3) is 0 Å². The van der Waals surface area contributed by atoms with Crippen LogP contribution >= 0.6 is 0 Å². The molecule has 0 saturated heterocycles. The topological polar surface area (TPSA) is 92.7 Å². The number of nitrogens with one attached hydrogen (secondary N) is 1. The SMILES string of the molecule is CCCCCCCCCCCCCCCCCCCCC(=O)OC1CCC2(C)C(CCC3C2CCC2(C)C(C(C)CCC(=O)NCC(=O)O)CCC32)C1. The van der Waals surface area contributed by atoms with Gasteiger partial charge in [-0.15, -0.1) is 0 Å². The Morgan fingerprint density at radius 1 is 0.679 bits per heavy atom. The van der Waals surface area contributed by atoms with Gasteiger partial charge < -0.3 is 15.2 Å². The van der Waals surface area contributed by atoms with Crippen LogP contribution < -0.4 is 5.32 Å². The monoisotopic (exact) mass is 742 g/mol. The second-order valence-corrected chi connectivity index (χ2v) is 19.2. The van der Waals surface area contributed by atoms with Crippen LogP contribution in [0.5, 0.6) is 0 Å². The van der Waals surface area contributed by atoms with Crippen molar-refractivity contribution in [2.45, 2.75) is 226 Å². The van der Waals surface area contributed by atoms with E-state index in [-0.39, 0.29) is 24.5 Å². The van der Waals surface area contributed by atoms with Crippen molar-refractivity contribution >= 4 is 17.8 Å². The highest BCUT2D eigenvalue weighted by Crippen LogP contribution is 2.68. The summed E-state index contributed by atoms with van der Waals surface area (Å²) in [4.78, 5) is 35.9. The number of ether oxygens (including phenoxy) is 1. The molecule has 53 heavy (non-hydrogen) atoms. The molecule has 1 amide bonds. The van der Waals surface area contributed by atoms with Crippen LogP contribution in [0.2, 0.25) is 0 Å². The summed E-state index contributed by atoms with van der Waals surface area (Å²) in [7, 11) is 0. The van der Waals surface area contributed by atoms with Crippen LogP contribution in [0, 0.1) is 46.3 Å². The number of hydrogen-bond acceptors (Lipinski definition) is 4. The summed E-state index contributed by atoms with van der Waals surface area (Å²) < 4.78 is 6.15. The van der Waals surface area contributed by atoms with E-state index in [0.717, 1.165) is 49.9 Å². The molecule has 6 heteroatoms. The summed E-state index contributed by atoms with van der Waals surface area (Å²) in [6.45, 7) is 9.49. The van der Waals surface area contributed by atoms with Crippen molar-refractivity contribution in [1.29, 1.82) is 0 Å². The van der Waals surface area contributed by atoms with E-state index in [9.17, 15) is 14.4 Å². The van der Waals surface area contributed by atoms with Crippen LogP contribution in [0.15, 0.2) is 0 Å². The number of amides is 1. The van der Waals surface area contributed by atoms with Gasteiger partial charge in [0.15, 0.2) is 0 Å². The summed E-state index contributed by atoms with van der Waals surface area (Å²) in [6, 6.07) is 0. The van der Waals surface area contributed by atoms with Crippen LogP contribution in [0.4, 0.5) is 0 Å². The Hall–Kier alpha value is -1.59. The molecular weight excluding hydrogens is 659 g/mol. The van der Waals surface area contributed by atoms with E-state index < -0.39 is 5.97 Å². The summed E-state index contributed by atoms with van der Waals surface area (Å²) >= 11 is 0. The first kappa shape index (κ1) is 44.1. The zero-order chi connectivity index (χ0) is 38.1. The quantitative estimate of drug-likeness (QED) is 0.0680. The maximum Gasteiger partial charge on any atom is 0.322 e. The average molecular weight is 742 g/mol. The molecule has 0 aliphatic heterocycles. The van der Waals surface area contributed by atoms with Gasteiger partial charge in [-0.2, -0.15) is 0 Å². The normalized spacial score (nSPS) is 31.2. The molecule has 4 fully saturated rings. The first-order valence-corrected chi connectivity index (χ1v) is 23.3. The minimum atomic E-state index is -0.988. The van der Waals surface area contributed by atoms with Crippen molar-refractivity contribution in [2.24, 2.45) is 46.3 Å². The third kappa shape index (κ3) is 13.3. The Kier molecular flexibility index (Phi) is 19.0. The Morgan fingerprint density at radius 2 is 1.23 bits per heavy atom. The molecule has 6 nitrogen and oxygen atoms in total. The van der Waals surface area contributed by atoms with Crippen molar-refractivity contribution in [3.05, 3.63) is 0 Å². The third-order valence-corrected chi connectivity index (χ3v) is 15.7. The van der Waals surface area contributed by atoms with E-state index in [4.69, 9.17) is 9.84 Å². The zero-order valence-electron chi connectivity index (χ0n) is 35.0. The van der Waals surface area contributed by atoms with Crippen molar-refractivity contribution in [1.82, 2.24) is 5.32 Å². The molecule has 0 aromatic rings. The van der Waals surface area contributed by atoms with Gasteiger partial charge in [-0.25, -0.2) is 0 Å². The number of aliphatic carboxylic acids is 1. The molecule has 4 rings (SSSR count). The lowest BCUT2D eigenvalue weighted by atomic mass is 9.44. The van der Waals surface area contributed by atoms with Gasteiger partial charge in [0.05, 0.1) is 0 Å². The lowest BCUT2D eigenvalue weighted by molar-refractivity contribution is -0.162. The van der Waals surface area contributed by atoms with Crippen LogP contribution in [0.3, 0.4) is 0 Å². The van der Waals surface area contributed by atoms with Crippen LogP contribution in [-0.2, 0) is 19.1 Å². The second-order valence-electron chi connectivity index (χ2n) is 19.2. The highest BCUT2D eigenvalue weighted by molar-refractivity contribution is 5.81. The number of esters is 1. The number of rotatable bonds is 26. The minimum Gasteiger partial charge on any atom is -0.480 e. The predicted molar refractivity (Wildman–Crippen MR) is 218 cm³/mol.